The van der Waals surface area contributed by atoms with Gasteiger partial charge >= 0.3 is 0 Å². The highest BCUT2D eigenvalue weighted by atomic mass is 16.1. The van der Waals surface area contributed by atoms with Crippen molar-refractivity contribution in [1.82, 2.24) is 15.2 Å². The Balaban J connectivity index is 2.44. The normalized spacial score (nSPS) is 10.4. The van der Waals surface area contributed by atoms with Gasteiger partial charge in [0.15, 0.2) is 0 Å². The Kier molecular flexibility index (Phi) is 4.72. The van der Waals surface area contributed by atoms with E-state index in [1.807, 2.05) is 7.05 Å². The van der Waals surface area contributed by atoms with E-state index in [0.717, 1.165) is 13.1 Å². The van der Waals surface area contributed by atoms with Gasteiger partial charge in [0.05, 0.1) is 17.4 Å². The molecule has 0 radical (unpaired) electrons. The molecule has 0 saturated carbocycles. The van der Waals surface area contributed by atoms with Crippen LogP contribution in [0.25, 0.3) is 0 Å². The average molecular weight is 222 g/mol. The lowest BCUT2D eigenvalue weighted by molar-refractivity contribution is 0.0951. The Hall–Kier alpha value is -1.62. The van der Waals surface area contributed by atoms with Crippen LogP contribution in [0.15, 0.2) is 18.5 Å². The second kappa shape index (κ2) is 6.07. The fourth-order valence-electron chi connectivity index (χ4n) is 1.23. The zero-order chi connectivity index (χ0) is 12.0. The molecule has 0 fully saturated rings. The minimum atomic E-state index is -0.149. The molecule has 88 valence electrons. The van der Waals surface area contributed by atoms with Gasteiger partial charge < -0.3 is 16.0 Å². The number of pyridine rings is 1. The van der Waals surface area contributed by atoms with Crippen LogP contribution in [0.4, 0.5) is 5.69 Å². The summed E-state index contributed by atoms with van der Waals surface area (Å²) in [7, 11) is 2.01. The molecule has 0 aliphatic heterocycles. The van der Waals surface area contributed by atoms with Gasteiger partial charge in [0.2, 0.25) is 0 Å². The summed E-state index contributed by atoms with van der Waals surface area (Å²) < 4.78 is 0. The first kappa shape index (κ1) is 12.4. The predicted molar refractivity (Wildman–Crippen MR) is 64.2 cm³/mol. The summed E-state index contributed by atoms with van der Waals surface area (Å²) >= 11 is 0. The Morgan fingerprint density at radius 2 is 2.38 bits per heavy atom. The minimum Gasteiger partial charge on any atom is -0.397 e. The molecule has 1 aromatic heterocycles. The molecular weight excluding hydrogens is 204 g/mol. The van der Waals surface area contributed by atoms with Crippen molar-refractivity contribution in [2.75, 3.05) is 32.4 Å². The van der Waals surface area contributed by atoms with Gasteiger partial charge in [-0.1, -0.05) is 6.92 Å². The smallest absolute Gasteiger partial charge is 0.253 e. The van der Waals surface area contributed by atoms with Crippen molar-refractivity contribution in [2.45, 2.75) is 6.92 Å². The van der Waals surface area contributed by atoms with Gasteiger partial charge in [-0.15, -0.1) is 0 Å². The lowest BCUT2D eigenvalue weighted by Crippen LogP contribution is -2.33. The number of likely N-dealkylation sites (N-methyl/N-ethyl adjacent to an activating group) is 1. The van der Waals surface area contributed by atoms with Crippen molar-refractivity contribution in [3.05, 3.63) is 24.0 Å². The number of nitrogens with one attached hydrogen (secondary N) is 1. The molecular formula is C11H18N4O. The number of anilines is 1. The maximum Gasteiger partial charge on any atom is 0.253 e. The number of nitrogen functional groups attached to an aromatic ring is 1. The number of nitrogens with two attached hydrogens (primary N) is 1. The molecule has 16 heavy (non-hydrogen) atoms. The molecule has 0 aromatic carbocycles. The van der Waals surface area contributed by atoms with Crippen LogP contribution in [-0.2, 0) is 0 Å². The molecule has 0 atom stereocenters. The Morgan fingerprint density at radius 1 is 1.62 bits per heavy atom. The first-order valence-corrected chi connectivity index (χ1v) is 5.31. The van der Waals surface area contributed by atoms with Crippen molar-refractivity contribution in [3.8, 4) is 0 Å². The lowest BCUT2D eigenvalue weighted by atomic mass is 10.2. The second-order valence-electron chi connectivity index (χ2n) is 3.61. The quantitative estimate of drug-likeness (QED) is 0.754. The lowest BCUT2D eigenvalue weighted by Gasteiger charge is -2.14. The van der Waals surface area contributed by atoms with Crippen molar-refractivity contribution in [1.29, 1.82) is 0 Å². The van der Waals surface area contributed by atoms with E-state index in [2.05, 4.69) is 22.1 Å². The number of hydrogen-bond donors (Lipinski definition) is 2. The highest BCUT2D eigenvalue weighted by molar-refractivity contribution is 5.98. The second-order valence-corrected chi connectivity index (χ2v) is 3.61. The van der Waals surface area contributed by atoms with Gasteiger partial charge in [-0.05, 0) is 19.7 Å². The third-order valence-electron chi connectivity index (χ3n) is 2.42. The topological polar surface area (TPSA) is 71.2 Å². The summed E-state index contributed by atoms with van der Waals surface area (Å²) in [4.78, 5) is 17.7. The van der Waals surface area contributed by atoms with Gasteiger partial charge in [-0.2, -0.15) is 0 Å². The van der Waals surface area contributed by atoms with Crippen LogP contribution in [0.3, 0.4) is 0 Å². The van der Waals surface area contributed by atoms with Gasteiger partial charge in [0, 0.05) is 19.3 Å². The molecule has 0 aliphatic carbocycles. The van der Waals surface area contributed by atoms with E-state index in [4.69, 9.17) is 5.73 Å². The van der Waals surface area contributed by atoms with Crippen LogP contribution in [-0.4, -0.2) is 42.5 Å². The maximum absolute atomic E-state index is 11.7. The standard InChI is InChI=1S/C11H18N4O/c1-3-15(2)7-6-14-11(16)9-4-5-13-8-10(9)12/h4-5,8H,3,6-7,12H2,1-2H3,(H,14,16). The first-order chi connectivity index (χ1) is 7.65. The van der Waals surface area contributed by atoms with E-state index in [1.54, 1.807) is 12.3 Å². The number of nitrogens with zero attached hydrogens (tertiary/aromatic N) is 2. The molecule has 1 amide bonds. The fraction of sp³-hybridized carbons (Fsp3) is 0.455. The molecule has 5 nitrogen and oxygen atoms in total. The SMILES string of the molecule is CCN(C)CCNC(=O)c1ccncc1N. The highest BCUT2D eigenvalue weighted by Gasteiger charge is 2.08. The number of hydrogen-bond acceptors (Lipinski definition) is 4. The Morgan fingerprint density at radius 3 is 3.00 bits per heavy atom. The van der Waals surface area contributed by atoms with Crippen molar-refractivity contribution in [3.63, 3.8) is 0 Å². The number of carbonyl (C=O) groups excluding carboxylic acids is 1. The molecule has 0 aliphatic rings. The van der Waals surface area contributed by atoms with Crippen molar-refractivity contribution < 1.29 is 4.79 Å². The summed E-state index contributed by atoms with van der Waals surface area (Å²) in [6.07, 6.45) is 3.04. The van der Waals surface area contributed by atoms with E-state index in [1.165, 1.54) is 6.20 Å². The summed E-state index contributed by atoms with van der Waals surface area (Å²) in [5, 5.41) is 2.82. The summed E-state index contributed by atoms with van der Waals surface area (Å²) in [6.45, 7) is 4.48. The Bertz CT molecular complexity index is 354. The van der Waals surface area contributed by atoms with E-state index < -0.39 is 0 Å². The molecule has 3 N–H and O–H groups in total. The summed E-state index contributed by atoms with van der Waals surface area (Å²) in [6, 6.07) is 1.62. The zero-order valence-corrected chi connectivity index (χ0v) is 9.73. The predicted octanol–water partition coefficient (Wildman–Crippen LogP) is 0.345. The van der Waals surface area contributed by atoms with Crippen LogP contribution in [0, 0.1) is 0 Å². The molecule has 0 saturated heterocycles. The molecule has 0 unspecified atom stereocenters. The van der Waals surface area contributed by atoms with Gasteiger partial charge in [-0.25, -0.2) is 0 Å². The van der Waals surface area contributed by atoms with Gasteiger partial charge in [-0.3, -0.25) is 9.78 Å². The fourth-order valence-corrected chi connectivity index (χ4v) is 1.23. The van der Waals surface area contributed by atoms with E-state index >= 15 is 0 Å². The maximum atomic E-state index is 11.7. The highest BCUT2D eigenvalue weighted by Crippen LogP contribution is 2.07. The van der Waals surface area contributed by atoms with Gasteiger partial charge in [0.1, 0.15) is 0 Å². The van der Waals surface area contributed by atoms with Crippen LogP contribution < -0.4 is 11.1 Å². The molecule has 1 aromatic rings. The summed E-state index contributed by atoms with van der Waals surface area (Å²) in [5.74, 6) is -0.149. The summed E-state index contributed by atoms with van der Waals surface area (Å²) in [5.41, 5.74) is 6.53. The third kappa shape index (κ3) is 3.51. The van der Waals surface area contributed by atoms with Crippen LogP contribution >= 0.6 is 0 Å². The number of aromatic nitrogens is 1. The molecule has 0 bridgehead atoms. The van der Waals surface area contributed by atoms with Gasteiger partial charge in [0.25, 0.3) is 5.91 Å². The molecule has 1 heterocycles. The van der Waals surface area contributed by atoms with E-state index in [0.29, 0.717) is 17.8 Å². The number of rotatable bonds is 5. The molecule has 1 rings (SSSR count). The molecule has 5 heteroatoms. The van der Waals surface area contributed by atoms with E-state index in [9.17, 15) is 4.79 Å². The van der Waals surface area contributed by atoms with Crippen LogP contribution in [0.1, 0.15) is 17.3 Å². The first-order valence-electron chi connectivity index (χ1n) is 5.31. The van der Waals surface area contributed by atoms with E-state index in [-0.39, 0.29) is 5.91 Å². The Labute approximate surface area is 95.7 Å². The van der Waals surface area contributed by atoms with Crippen molar-refractivity contribution >= 4 is 11.6 Å². The minimum absolute atomic E-state index is 0.149. The van der Waals surface area contributed by atoms with Crippen molar-refractivity contribution in [2.24, 2.45) is 0 Å². The zero-order valence-electron chi connectivity index (χ0n) is 9.73. The largest absolute Gasteiger partial charge is 0.397 e. The molecule has 0 spiro atoms. The van der Waals surface area contributed by atoms with Crippen LogP contribution in [0.5, 0.6) is 0 Å². The number of carbonyl (C=O) groups is 1. The monoisotopic (exact) mass is 222 g/mol. The average Bonchev–Trinajstić information content (AvgIpc) is 2.29. The third-order valence-corrected chi connectivity index (χ3v) is 2.42. The van der Waals surface area contributed by atoms with Crippen LogP contribution in [0.2, 0.25) is 0 Å². The number of amides is 1.